The molecule has 0 spiro atoms. The molecule has 1 aromatic rings. The molecule has 1 fully saturated rings. The van der Waals surface area contributed by atoms with Gasteiger partial charge in [0.25, 0.3) is 11.8 Å². The number of likely N-dealkylation sites (tertiary alicyclic amines) is 1. The van der Waals surface area contributed by atoms with Crippen molar-refractivity contribution in [2.45, 2.75) is 57.0 Å². The number of amides is 3. The Labute approximate surface area is 203 Å². The van der Waals surface area contributed by atoms with Gasteiger partial charge in [0.2, 0.25) is 5.91 Å². The van der Waals surface area contributed by atoms with Crippen molar-refractivity contribution in [3.63, 3.8) is 0 Å². The van der Waals surface area contributed by atoms with Crippen molar-refractivity contribution >= 4 is 41.0 Å². The summed E-state index contributed by atoms with van der Waals surface area (Å²) < 4.78 is 21.8. The van der Waals surface area contributed by atoms with E-state index >= 15 is 0 Å². The average Bonchev–Trinajstić information content (AvgIpc) is 2.76. The van der Waals surface area contributed by atoms with Gasteiger partial charge in [-0.2, -0.15) is 5.10 Å². The van der Waals surface area contributed by atoms with E-state index in [1.54, 1.807) is 20.8 Å². The van der Waals surface area contributed by atoms with Crippen molar-refractivity contribution in [2.24, 2.45) is 11.0 Å². The minimum absolute atomic E-state index is 0.0331. The lowest BCUT2D eigenvalue weighted by molar-refractivity contribution is -0.161. The van der Waals surface area contributed by atoms with Gasteiger partial charge < -0.3 is 30.1 Å². The number of aromatic hydroxyl groups is 2. The fraction of sp³-hybridized carbons (Fsp3) is 0.476. The Balaban J connectivity index is 2.20. The van der Waals surface area contributed by atoms with Gasteiger partial charge in [0, 0.05) is 24.2 Å². The van der Waals surface area contributed by atoms with Gasteiger partial charge >= 0.3 is 5.97 Å². The normalized spacial score (nSPS) is 20.0. The standard InChI is InChI=1S/C21H28N4O9S/c1-10(2)16(23-18(29)12-5-6-13(26)14(27)8-12)19(30)24-22-9-21(4,35(33)34)17(20(31)32)25-11(3)7-15(25)28/h5-6,8-11,16-17,26-27H,7H2,1-4H3,(H,23,29)(H,24,30)(H,31,32)(H,33,34)/p-1/b22-9+/t11-,16?,17+,21+/m1/s1. The van der Waals surface area contributed by atoms with E-state index in [4.69, 9.17) is 0 Å². The summed E-state index contributed by atoms with van der Waals surface area (Å²) in [6.45, 7) is 5.88. The van der Waals surface area contributed by atoms with Crippen LogP contribution in [0, 0.1) is 5.92 Å². The van der Waals surface area contributed by atoms with E-state index in [1.165, 1.54) is 6.07 Å². The number of carboxylic acid groups (broad SMARTS) is 1. The molecule has 0 bridgehead atoms. The highest BCUT2D eigenvalue weighted by Gasteiger charge is 2.51. The van der Waals surface area contributed by atoms with E-state index < -0.39 is 75.1 Å². The van der Waals surface area contributed by atoms with Gasteiger partial charge in [-0.3, -0.25) is 18.6 Å². The molecule has 1 aromatic carbocycles. The summed E-state index contributed by atoms with van der Waals surface area (Å²) in [5.41, 5.74) is 2.07. The number of rotatable bonds is 10. The van der Waals surface area contributed by atoms with E-state index in [0.29, 0.717) is 0 Å². The highest BCUT2D eigenvalue weighted by Crippen LogP contribution is 2.30. The second-order valence-corrected chi connectivity index (χ2v) is 10.00. The van der Waals surface area contributed by atoms with E-state index in [-0.39, 0.29) is 12.0 Å². The molecule has 1 aliphatic rings. The van der Waals surface area contributed by atoms with Gasteiger partial charge in [0.05, 0.1) is 4.75 Å². The Kier molecular flexibility index (Phi) is 8.57. The topological polar surface area (TPSA) is 209 Å². The zero-order chi connectivity index (χ0) is 26.7. The quantitative estimate of drug-likeness (QED) is 0.0914. The minimum atomic E-state index is -3.05. The molecular formula is C21H27N4O9S-. The number of nitrogens with zero attached hydrogens (tertiary/aromatic N) is 2. The van der Waals surface area contributed by atoms with Gasteiger partial charge in [0.1, 0.15) is 6.04 Å². The number of carbonyl (C=O) groups excluding carboxylic acids is 3. The van der Waals surface area contributed by atoms with Gasteiger partial charge in [-0.25, -0.2) is 10.2 Å². The zero-order valence-electron chi connectivity index (χ0n) is 19.4. The Morgan fingerprint density at radius 2 is 1.91 bits per heavy atom. The first kappa shape index (κ1) is 27.7. The van der Waals surface area contributed by atoms with Crippen LogP contribution in [0.1, 0.15) is 44.5 Å². The predicted octanol–water partition coefficient (Wildman–Crippen LogP) is -0.334. The van der Waals surface area contributed by atoms with Crippen LogP contribution < -0.4 is 10.7 Å². The van der Waals surface area contributed by atoms with Crippen LogP contribution >= 0.6 is 0 Å². The number of aliphatic carboxylic acids is 1. The van der Waals surface area contributed by atoms with Crippen LogP contribution in [-0.4, -0.2) is 81.8 Å². The molecule has 3 amide bonds. The third kappa shape index (κ3) is 5.95. The third-order valence-electron chi connectivity index (χ3n) is 5.62. The highest BCUT2D eigenvalue weighted by atomic mass is 32.2. The Hall–Kier alpha value is -3.52. The SMILES string of the molecule is CC(C)C(NC(=O)c1ccc(O)c(O)c1)C(=O)N/N=C/[C@@](C)([C@H](C(=O)O)N1C(=O)C[C@H]1C)S(=O)[O-]. The summed E-state index contributed by atoms with van der Waals surface area (Å²) in [6, 6.07) is -0.0682. The Morgan fingerprint density at radius 3 is 2.37 bits per heavy atom. The monoisotopic (exact) mass is 511 g/mol. The zero-order valence-corrected chi connectivity index (χ0v) is 20.2. The Bertz CT molecular complexity index is 1080. The number of phenolic OH excluding ortho intramolecular Hbond substituents is 2. The van der Waals surface area contributed by atoms with Crippen LogP contribution in [0.15, 0.2) is 23.3 Å². The van der Waals surface area contributed by atoms with Crippen LogP contribution in [0.5, 0.6) is 11.5 Å². The van der Waals surface area contributed by atoms with Crippen molar-refractivity contribution in [1.29, 1.82) is 0 Å². The predicted molar refractivity (Wildman–Crippen MR) is 122 cm³/mol. The van der Waals surface area contributed by atoms with Crippen molar-refractivity contribution in [3.8, 4) is 11.5 Å². The largest absolute Gasteiger partial charge is 0.772 e. The molecule has 1 saturated heterocycles. The maximum absolute atomic E-state index is 12.7. The number of β-lactam (4-membered cyclic amide) rings is 1. The first-order valence-electron chi connectivity index (χ1n) is 10.5. The van der Waals surface area contributed by atoms with Crippen LogP contribution in [-0.2, 0) is 25.5 Å². The van der Waals surface area contributed by atoms with Crippen molar-refractivity contribution in [3.05, 3.63) is 23.8 Å². The molecule has 192 valence electrons. The molecule has 5 atom stereocenters. The summed E-state index contributed by atoms with van der Waals surface area (Å²) in [5.74, 6) is -5.05. The van der Waals surface area contributed by atoms with Crippen molar-refractivity contribution < 1.29 is 43.3 Å². The van der Waals surface area contributed by atoms with Gasteiger partial charge in [-0.05, 0) is 49.0 Å². The average molecular weight is 512 g/mol. The number of carboxylic acids is 1. The number of hydrogen-bond donors (Lipinski definition) is 5. The number of benzene rings is 1. The molecule has 0 radical (unpaired) electrons. The van der Waals surface area contributed by atoms with E-state index in [0.717, 1.165) is 30.2 Å². The summed E-state index contributed by atoms with van der Waals surface area (Å²) in [7, 11) is 0. The summed E-state index contributed by atoms with van der Waals surface area (Å²) in [6.07, 6.45) is 0.802. The van der Waals surface area contributed by atoms with Gasteiger partial charge in [0.15, 0.2) is 17.5 Å². The molecule has 0 aliphatic carbocycles. The van der Waals surface area contributed by atoms with Gasteiger partial charge in [-0.1, -0.05) is 13.8 Å². The number of phenols is 2. The van der Waals surface area contributed by atoms with Crippen LogP contribution in [0.2, 0.25) is 0 Å². The molecule has 0 aromatic heterocycles. The molecule has 14 heteroatoms. The summed E-state index contributed by atoms with van der Waals surface area (Å²) >= 11 is -3.05. The second-order valence-electron chi connectivity index (χ2n) is 8.65. The maximum Gasteiger partial charge on any atom is 0.328 e. The first-order valence-corrected chi connectivity index (χ1v) is 11.6. The molecule has 0 saturated carbocycles. The van der Waals surface area contributed by atoms with Crippen LogP contribution in [0.3, 0.4) is 0 Å². The molecule has 2 unspecified atom stereocenters. The van der Waals surface area contributed by atoms with E-state index in [2.05, 4.69) is 15.8 Å². The lowest BCUT2D eigenvalue weighted by atomic mass is 9.92. The van der Waals surface area contributed by atoms with E-state index in [9.17, 15) is 43.3 Å². The number of carbonyl (C=O) groups is 4. The lowest BCUT2D eigenvalue weighted by Crippen LogP contribution is -2.67. The smallest absolute Gasteiger partial charge is 0.328 e. The van der Waals surface area contributed by atoms with Crippen LogP contribution in [0.4, 0.5) is 0 Å². The van der Waals surface area contributed by atoms with Crippen molar-refractivity contribution in [1.82, 2.24) is 15.6 Å². The first-order chi connectivity index (χ1) is 16.2. The molecule has 13 nitrogen and oxygen atoms in total. The van der Waals surface area contributed by atoms with Crippen LogP contribution in [0.25, 0.3) is 0 Å². The summed E-state index contributed by atoms with van der Waals surface area (Å²) in [5, 5.41) is 34.7. The minimum Gasteiger partial charge on any atom is -0.772 e. The molecule has 1 heterocycles. The fourth-order valence-corrected chi connectivity index (χ4v) is 4.09. The number of nitrogens with one attached hydrogen (secondary N) is 2. The molecular weight excluding hydrogens is 484 g/mol. The highest BCUT2D eigenvalue weighted by molar-refractivity contribution is 7.81. The van der Waals surface area contributed by atoms with E-state index in [1.807, 2.05) is 0 Å². The Morgan fingerprint density at radius 1 is 1.29 bits per heavy atom. The maximum atomic E-state index is 12.7. The number of hydrogen-bond acceptors (Lipinski definition) is 9. The van der Waals surface area contributed by atoms with Gasteiger partial charge in [-0.15, -0.1) is 0 Å². The lowest BCUT2D eigenvalue weighted by Gasteiger charge is -2.48. The molecule has 35 heavy (non-hydrogen) atoms. The second kappa shape index (κ2) is 10.8. The number of hydrazone groups is 1. The molecule has 5 N–H and O–H groups in total. The fourth-order valence-electron chi connectivity index (χ4n) is 3.55. The van der Waals surface area contributed by atoms with Crippen molar-refractivity contribution in [2.75, 3.05) is 0 Å². The summed E-state index contributed by atoms with van der Waals surface area (Å²) in [4.78, 5) is 49.9. The third-order valence-corrected chi connectivity index (χ3v) is 6.66. The molecule has 1 aliphatic heterocycles. The molecule has 2 rings (SSSR count).